The van der Waals surface area contributed by atoms with Crippen LogP contribution >= 0.6 is 0 Å². The standard InChI is InChI=1S/C12H24N2O2S/c1-2-3-9-17(15,16)14-8-7-12(10-13)6-4-5-11(12)14/h11H,2-10,13H2,1H3/t11-,12-/m1/s1. The number of fused-ring (bicyclic) bond motifs is 1. The number of sulfonamides is 1. The second kappa shape index (κ2) is 4.86. The molecule has 0 aromatic carbocycles. The average molecular weight is 260 g/mol. The zero-order valence-corrected chi connectivity index (χ0v) is 11.5. The van der Waals surface area contributed by atoms with Gasteiger partial charge in [0, 0.05) is 18.0 Å². The third kappa shape index (κ3) is 2.25. The largest absolute Gasteiger partial charge is 0.330 e. The van der Waals surface area contributed by atoms with Gasteiger partial charge in [-0.3, -0.25) is 0 Å². The van der Waals surface area contributed by atoms with Crippen molar-refractivity contribution in [2.24, 2.45) is 11.1 Å². The number of hydrogen-bond acceptors (Lipinski definition) is 3. The van der Waals surface area contributed by atoms with E-state index in [0.717, 1.165) is 38.5 Å². The molecule has 2 N–H and O–H groups in total. The van der Waals surface area contributed by atoms with Crippen molar-refractivity contribution in [2.75, 3.05) is 18.8 Å². The van der Waals surface area contributed by atoms with Crippen LogP contribution in [0.15, 0.2) is 0 Å². The molecular formula is C12H24N2O2S. The van der Waals surface area contributed by atoms with Crippen LogP contribution in [0.1, 0.15) is 45.4 Å². The lowest BCUT2D eigenvalue weighted by molar-refractivity contribution is 0.256. The first-order valence-corrected chi connectivity index (χ1v) is 8.36. The maximum Gasteiger partial charge on any atom is 0.214 e. The average Bonchev–Trinajstić information content (AvgIpc) is 2.84. The van der Waals surface area contributed by atoms with Gasteiger partial charge in [-0.15, -0.1) is 0 Å². The number of nitrogens with two attached hydrogens (primary N) is 1. The highest BCUT2D eigenvalue weighted by molar-refractivity contribution is 7.89. The Morgan fingerprint density at radius 1 is 1.41 bits per heavy atom. The van der Waals surface area contributed by atoms with Crippen LogP contribution in [0, 0.1) is 5.41 Å². The Bertz CT molecular complexity index is 369. The summed E-state index contributed by atoms with van der Waals surface area (Å²) < 4.78 is 26.3. The molecule has 17 heavy (non-hydrogen) atoms. The maximum atomic E-state index is 12.3. The highest BCUT2D eigenvalue weighted by Crippen LogP contribution is 2.49. The summed E-state index contributed by atoms with van der Waals surface area (Å²) in [6, 6.07) is 0.189. The fourth-order valence-electron chi connectivity index (χ4n) is 3.47. The summed E-state index contributed by atoms with van der Waals surface area (Å²) in [5, 5.41) is 0. The van der Waals surface area contributed by atoms with Gasteiger partial charge in [-0.25, -0.2) is 8.42 Å². The van der Waals surface area contributed by atoms with Crippen molar-refractivity contribution in [3.63, 3.8) is 0 Å². The van der Waals surface area contributed by atoms with Crippen LogP contribution in [0.25, 0.3) is 0 Å². The second-order valence-electron chi connectivity index (χ2n) is 5.50. The molecule has 100 valence electrons. The summed E-state index contributed by atoms with van der Waals surface area (Å²) in [7, 11) is -3.05. The van der Waals surface area contributed by atoms with E-state index in [-0.39, 0.29) is 11.5 Å². The van der Waals surface area contributed by atoms with Crippen LogP contribution in [-0.2, 0) is 10.0 Å². The predicted molar refractivity (Wildman–Crippen MR) is 69.1 cm³/mol. The van der Waals surface area contributed by atoms with Crippen LogP contribution < -0.4 is 5.73 Å². The van der Waals surface area contributed by atoms with Gasteiger partial charge in [0.05, 0.1) is 5.75 Å². The molecule has 0 radical (unpaired) electrons. The van der Waals surface area contributed by atoms with Crippen LogP contribution in [0.5, 0.6) is 0 Å². The third-order valence-corrected chi connectivity index (χ3v) is 6.51. The van der Waals surface area contributed by atoms with Crippen LogP contribution in [0.2, 0.25) is 0 Å². The van der Waals surface area contributed by atoms with E-state index in [9.17, 15) is 8.42 Å². The van der Waals surface area contributed by atoms with Gasteiger partial charge in [-0.2, -0.15) is 4.31 Å². The fraction of sp³-hybridized carbons (Fsp3) is 1.00. The summed E-state index contributed by atoms with van der Waals surface area (Å²) >= 11 is 0. The van der Waals surface area contributed by atoms with Crippen LogP contribution in [0.3, 0.4) is 0 Å². The third-order valence-electron chi connectivity index (χ3n) is 4.56. The minimum absolute atomic E-state index is 0.0965. The first kappa shape index (κ1) is 13.3. The minimum Gasteiger partial charge on any atom is -0.330 e. The molecule has 1 aliphatic carbocycles. The molecule has 1 saturated carbocycles. The fourth-order valence-corrected chi connectivity index (χ4v) is 5.44. The van der Waals surface area contributed by atoms with Gasteiger partial charge in [-0.1, -0.05) is 19.8 Å². The summed E-state index contributed by atoms with van der Waals surface area (Å²) in [6.45, 7) is 3.35. The lowest BCUT2D eigenvalue weighted by Gasteiger charge is -2.30. The second-order valence-corrected chi connectivity index (χ2v) is 7.55. The molecule has 2 fully saturated rings. The normalized spacial score (nSPS) is 34.1. The lowest BCUT2D eigenvalue weighted by atomic mass is 9.83. The SMILES string of the molecule is CCCCS(=O)(=O)N1CC[C@@]2(CN)CCC[C@@H]12. The lowest BCUT2D eigenvalue weighted by Crippen LogP contribution is -2.43. The van der Waals surface area contributed by atoms with E-state index in [4.69, 9.17) is 5.73 Å². The molecule has 2 aliphatic rings. The molecule has 5 heteroatoms. The van der Waals surface area contributed by atoms with Gasteiger partial charge >= 0.3 is 0 Å². The molecule has 1 saturated heterocycles. The van der Waals surface area contributed by atoms with E-state index in [0.29, 0.717) is 18.8 Å². The molecule has 0 unspecified atom stereocenters. The molecule has 2 rings (SSSR count). The van der Waals surface area contributed by atoms with E-state index >= 15 is 0 Å². The van der Waals surface area contributed by atoms with Crippen molar-refractivity contribution in [3.8, 4) is 0 Å². The molecule has 2 atom stereocenters. The van der Waals surface area contributed by atoms with Crippen LogP contribution in [-0.4, -0.2) is 37.6 Å². The van der Waals surface area contributed by atoms with Crippen molar-refractivity contribution < 1.29 is 8.42 Å². The first-order chi connectivity index (χ1) is 8.06. The van der Waals surface area contributed by atoms with Crippen LogP contribution in [0.4, 0.5) is 0 Å². The highest BCUT2D eigenvalue weighted by Gasteiger charge is 2.52. The number of unbranched alkanes of at least 4 members (excludes halogenated alkanes) is 1. The van der Waals surface area contributed by atoms with E-state index in [2.05, 4.69) is 0 Å². The van der Waals surface area contributed by atoms with Gasteiger partial charge < -0.3 is 5.73 Å². The van der Waals surface area contributed by atoms with Gasteiger partial charge in [-0.05, 0) is 32.2 Å². The Morgan fingerprint density at radius 3 is 2.82 bits per heavy atom. The highest BCUT2D eigenvalue weighted by atomic mass is 32.2. The summed E-state index contributed by atoms with van der Waals surface area (Å²) in [6.07, 6.45) is 5.89. The molecule has 0 aromatic heterocycles. The summed E-state index contributed by atoms with van der Waals surface area (Å²) in [4.78, 5) is 0. The Kier molecular flexibility index (Phi) is 3.80. The van der Waals surface area contributed by atoms with E-state index in [1.165, 1.54) is 0 Å². The topological polar surface area (TPSA) is 63.4 Å². The van der Waals surface area contributed by atoms with Crippen molar-refractivity contribution in [1.82, 2.24) is 4.31 Å². The molecule has 1 aliphatic heterocycles. The number of hydrogen-bond donors (Lipinski definition) is 1. The monoisotopic (exact) mass is 260 g/mol. The van der Waals surface area contributed by atoms with Gasteiger partial charge in [0.25, 0.3) is 0 Å². The van der Waals surface area contributed by atoms with Crippen molar-refractivity contribution in [2.45, 2.75) is 51.5 Å². The van der Waals surface area contributed by atoms with E-state index in [1.54, 1.807) is 4.31 Å². The summed E-state index contributed by atoms with van der Waals surface area (Å²) in [5.41, 5.74) is 5.99. The van der Waals surface area contributed by atoms with Gasteiger partial charge in [0.1, 0.15) is 0 Å². The molecule has 0 amide bonds. The molecule has 0 aromatic rings. The predicted octanol–water partition coefficient (Wildman–Crippen LogP) is 1.32. The van der Waals surface area contributed by atoms with Gasteiger partial charge in [0.15, 0.2) is 0 Å². The van der Waals surface area contributed by atoms with Gasteiger partial charge in [0.2, 0.25) is 10.0 Å². The Morgan fingerprint density at radius 2 is 2.18 bits per heavy atom. The Balaban J connectivity index is 2.14. The molecule has 0 spiro atoms. The van der Waals surface area contributed by atoms with Crippen molar-refractivity contribution in [1.29, 1.82) is 0 Å². The van der Waals surface area contributed by atoms with E-state index < -0.39 is 10.0 Å². The molecule has 0 bridgehead atoms. The van der Waals surface area contributed by atoms with E-state index in [1.807, 2.05) is 6.92 Å². The summed E-state index contributed by atoms with van der Waals surface area (Å²) in [5.74, 6) is 0.306. The number of nitrogens with zero attached hydrogens (tertiary/aromatic N) is 1. The number of rotatable bonds is 5. The minimum atomic E-state index is -3.05. The Hall–Kier alpha value is -0.130. The smallest absolute Gasteiger partial charge is 0.214 e. The van der Waals surface area contributed by atoms with Crippen molar-refractivity contribution >= 4 is 10.0 Å². The molecular weight excluding hydrogens is 236 g/mol. The maximum absolute atomic E-state index is 12.3. The first-order valence-electron chi connectivity index (χ1n) is 6.75. The zero-order valence-electron chi connectivity index (χ0n) is 10.7. The zero-order chi connectivity index (χ0) is 12.5. The molecule has 1 heterocycles. The van der Waals surface area contributed by atoms with Crippen molar-refractivity contribution in [3.05, 3.63) is 0 Å². The Labute approximate surface area is 105 Å². The quantitative estimate of drug-likeness (QED) is 0.811. The molecule has 4 nitrogen and oxygen atoms in total.